The summed E-state index contributed by atoms with van der Waals surface area (Å²) in [6.45, 7) is 4.06. The second-order valence-corrected chi connectivity index (χ2v) is 7.89. The van der Waals surface area contributed by atoms with E-state index in [4.69, 9.17) is 0 Å². The van der Waals surface area contributed by atoms with Gasteiger partial charge in [-0.2, -0.15) is 4.98 Å². The molecule has 136 valence electrons. The highest BCUT2D eigenvalue weighted by molar-refractivity contribution is 14.1. The van der Waals surface area contributed by atoms with Gasteiger partial charge in [0.1, 0.15) is 5.65 Å². The number of hydrogen-bond donors (Lipinski definition) is 1. The van der Waals surface area contributed by atoms with Gasteiger partial charge in [0.15, 0.2) is 11.6 Å². The third-order valence-electron chi connectivity index (χ3n) is 4.12. The van der Waals surface area contributed by atoms with Crippen LogP contribution in [-0.2, 0) is 0 Å². The van der Waals surface area contributed by atoms with Crippen LogP contribution in [0, 0.1) is 11.6 Å². The third-order valence-corrected chi connectivity index (χ3v) is 4.95. The van der Waals surface area contributed by atoms with Crippen molar-refractivity contribution in [3.05, 3.63) is 58.5 Å². The van der Waals surface area contributed by atoms with Crippen LogP contribution in [0.2, 0.25) is 0 Å². The molecule has 0 bridgehead atoms. The van der Waals surface area contributed by atoms with E-state index in [1.807, 2.05) is 13.8 Å². The van der Waals surface area contributed by atoms with Crippen LogP contribution in [0.1, 0.15) is 26.3 Å². The second-order valence-electron chi connectivity index (χ2n) is 5.92. The molecule has 0 fully saturated rings. The van der Waals surface area contributed by atoms with Gasteiger partial charge in [-0.3, -0.25) is 9.36 Å². The highest BCUT2D eigenvalue weighted by atomic mass is 127. The predicted octanol–water partition coefficient (Wildman–Crippen LogP) is 4.59. The van der Waals surface area contributed by atoms with Crippen molar-refractivity contribution in [2.45, 2.75) is 30.2 Å². The Bertz CT molecular complexity index is 1010. The van der Waals surface area contributed by atoms with Crippen LogP contribution in [0.4, 0.5) is 20.4 Å². The number of fused-ring (bicyclic) bond motifs is 1. The molecule has 0 aliphatic rings. The summed E-state index contributed by atoms with van der Waals surface area (Å²) in [6.07, 6.45) is 2.38. The second kappa shape index (κ2) is 7.65. The minimum absolute atomic E-state index is 0.0159. The van der Waals surface area contributed by atoms with Crippen LogP contribution in [0.25, 0.3) is 11.0 Å². The van der Waals surface area contributed by atoms with Crippen molar-refractivity contribution in [1.29, 1.82) is 0 Å². The fourth-order valence-electron chi connectivity index (χ4n) is 2.83. The molecule has 3 aromatic rings. The number of nitrogens with zero attached hydrogens (tertiary/aromatic N) is 3. The number of nitrogens with one attached hydrogen (secondary N) is 1. The van der Waals surface area contributed by atoms with Gasteiger partial charge in [-0.05, 0) is 24.6 Å². The molecule has 0 aliphatic carbocycles. The van der Waals surface area contributed by atoms with Gasteiger partial charge in [0.05, 0.1) is 0 Å². The standard InChI is InChI=1S/C18H17F2IN4O/c1-3-15(10(2)21)25-16(26)7-4-11-9-22-18(24-17(11)25)23-12-5-6-13(19)14(20)8-12/h4-10,15H,3H2,1-2H3,(H,22,23,24). The molecule has 1 aromatic carbocycles. The molecule has 2 unspecified atom stereocenters. The molecule has 1 N–H and O–H groups in total. The van der Waals surface area contributed by atoms with E-state index < -0.39 is 11.6 Å². The van der Waals surface area contributed by atoms with Crippen molar-refractivity contribution in [3.63, 3.8) is 0 Å². The molecular weight excluding hydrogens is 453 g/mol. The summed E-state index contributed by atoms with van der Waals surface area (Å²) < 4.78 is 28.4. The van der Waals surface area contributed by atoms with E-state index in [0.29, 0.717) is 11.3 Å². The molecular formula is C18H17F2IN4O. The fraction of sp³-hybridized carbons (Fsp3) is 0.278. The quantitative estimate of drug-likeness (QED) is 0.438. The largest absolute Gasteiger partial charge is 0.324 e. The number of alkyl halides is 1. The normalized spacial score (nSPS) is 13.6. The molecule has 0 spiro atoms. The number of halogens is 3. The first-order valence-electron chi connectivity index (χ1n) is 8.15. The first-order chi connectivity index (χ1) is 12.4. The fourth-order valence-corrected chi connectivity index (χ4v) is 3.67. The van der Waals surface area contributed by atoms with E-state index in [1.165, 1.54) is 12.1 Å². The van der Waals surface area contributed by atoms with Gasteiger partial charge in [0.25, 0.3) is 5.56 Å². The zero-order valence-corrected chi connectivity index (χ0v) is 16.4. The molecule has 8 heteroatoms. The number of aromatic nitrogens is 3. The van der Waals surface area contributed by atoms with E-state index in [-0.39, 0.29) is 21.5 Å². The van der Waals surface area contributed by atoms with Crippen molar-refractivity contribution in [2.24, 2.45) is 0 Å². The predicted molar refractivity (Wildman–Crippen MR) is 106 cm³/mol. The zero-order valence-electron chi connectivity index (χ0n) is 14.2. The van der Waals surface area contributed by atoms with Gasteiger partial charge in [-0.1, -0.05) is 36.4 Å². The number of anilines is 2. The number of benzene rings is 1. The minimum Gasteiger partial charge on any atom is -0.324 e. The molecule has 0 saturated heterocycles. The van der Waals surface area contributed by atoms with Gasteiger partial charge in [0.2, 0.25) is 5.95 Å². The minimum atomic E-state index is -0.961. The van der Waals surface area contributed by atoms with Crippen LogP contribution in [-0.4, -0.2) is 18.5 Å². The summed E-state index contributed by atoms with van der Waals surface area (Å²) in [5.41, 5.74) is 0.695. The van der Waals surface area contributed by atoms with E-state index in [9.17, 15) is 13.6 Å². The van der Waals surface area contributed by atoms with Gasteiger partial charge in [0, 0.05) is 39.4 Å². The molecule has 5 nitrogen and oxygen atoms in total. The molecule has 0 radical (unpaired) electrons. The molecule has 2 atom stereocenters. The van der Waals surface area contributed by atoms with Crippen LogP contribution < -0.4 is 10.9 Å². The van der Waals surface area contributed by atoms with Crippen LogP contribution in [0.15, 0.2) is 41.3 Å². The van der Waals surface area contributed by atoms with E-state index in [0.717, 1.165) is 23.9 Å². The average molecular weight is 470 g/mol. The Morgan fingerprint density at radius 3 is 2.65 bits per heavy atom. The average Bonchev–Trinajstić information content (AvgIpc) is 2.60. The van der Waals surface area contributed by atoms with Crippen LogP contribution in [0.5, 0.6) is 0 Å². The Morgan fingerprint density at radius 2 is 2.00 bits per heavy atom. The van der Waals surface area contributed by atoms with Gasteiger partial charge in [-0.15, -0.1) is 0 Å². The maximum Gasteiger partial charge on any atom is 0.252 e. The maximum atomic E-state index is 13.4. The Morgan fingerprint density at radius 1 is 1.23 bits per heavy atom. The Labute approximate surface area is 162 Å². The SMILES string of the molecule is CCC(C(C)I)n1c(=O)ccc2cnc(Nc3ccc(F)c(F)c3)nc21. The summed E-state index contributed by atoms with van der Waals surface area (Å²) >= 11 is 2.30. The number of pyridine rings is 1. The first kappa shape index (κ1) is 18.7. The van der Waals surface area contributed by atoms with Gasteiger partial charge >= 0.3 is 0 Å². The Hall–Kier alpha value is -2.10. The van der Waals surface area contributed by atoms with Crippen molar-refractivity contribution in [3.8, 4) is 0 Å². The van der Waals surface area contributed by atoms with E-state index in [2.05, 4.69) is 37.9 Å². The van der Waals surface area contributed by atoms with Crippen LogP contribution in [0.3, 0.4) is 0 Å². The summed E-state index contributed by atoms with van der Waals surface area (Å²) in [5.74, 6) is -1.68. The monoisotopic (exact) mass is 470 g/mol. The molecule has 0 aliphatic heterocycles. The van der Waals surface area contributed by atoms with Crippen molar-refractivity contribution in [1.82, 2.24) is 14.5 Å². The molecule has 2 aromatic heterocycles. The lowest BCUT2D eigenvalue weighted by atomic mass is 10.1. The number of rotatable bonds is 5. The molecule has 0 saturated carbocycles. The van der Waals surface area contributed by atoms with E-state index >= 15 is 0 Å². The summed E-state index contributed by atoms with van der Waals surface area (Å²) in [4.78, 5) is 21.1. The van der Waals surface area contributed by atoms with Crippen LogP contribution >= 0.6 is 22.6 Å². The third kappa shape index (κ3) is 3.69. The summed E-state index contributed by atoms with van der Waals surface area (Å²) in [7, 11) is 0. The molecule has 3 rings (SSSR count). The lowest BCUT2D eigenvalue weighted by molar-refractivity contribution is 0.490. The Kier molecular flexibility index (Phi) is 5.49. The van der Waals surface area contributed by atoms with Gasteiger partial charge < -0.3 is 5.32 Å². The highest BCUT2D eigenvalue weighted by Gasteiger charge is 2.19. The molecule has 2 heterocycles. The molecule has 0 amide bonds. The lowest BCUT2D eigenvalue weighted by Gasteiger charge is -2.22. The first-order valence-corrected chi connectivity index (χ1v) is 9.39. The summed E-state index contributed by atoms with van der Waals surface area (Å²) in [6, 6.07) is 6.63. The van der Waals surface area contributed by atoms with E-state index in [1.54, 1.807) is 16.8 Å². The Balaban J connectivity index is 2.09. The van der Waals surface area contributed by atoms with Crippen molar-refractivity contribution >= 4 is 45.3 Å². The highest BCUT2D eigenvalue weighted by Crippen LogP contribution is 2.25. The summed E-state index contributed by atoms with van der Waals surface area (Å²) in [5, 5.41) is 3.58. The smallest absolute Gasteiger partial charge is 0.252 e. The maximum absolute atomic E-state index is 13.4. The zero-order chi connectivity index (χ0) is 18.8. The topological polar surface area (TPSA) is 59.8 Å². The lowest BCUT2D eigenvalue weighted by Crippen LogP contribution is -2.29. The molecule has 26 heavy (non-hydrogen) atoms. The van der Waals surface area contributed by atoms with Crippen molar-refractivity contribution < 1.29 is 8.78 Å². The van der Waals surface area contributed by atoms with Gasteiger partial charge in [-0.25, -0.2) is 13.8 Å². The van der Waals surface area contributed by atoms with Crippen molar-refractivity contribution in [2.75, 3.05) is 5.32 Å². The number of hydrogen-bond acceptors (Lipinski definition) is 4.